The van der Waals surface area contributed by atoms with Crippen molar-refractivity contribution in [3.05, 3.63) is 100 Å². The SMILES string of the molecule is C[C@@](Cc1c[nH]c2ccccc12)(NS(=O)(=O)c1ccc([N+](=O)[O-])cc1)C(=O)NCC1(c2ccccn2)CCCCC1. The highest BCUT2D eigenvalue weighted by molar-refractivity contribution is 7.89. The van der Waals surface area contributed by atoms with Gasteiger partial charge in [0.1, 0.15) is 5.54 Å². The molecule has 2 heterocycles. The maximum absolute atomic E-state index is 14.0. The summed E-state index contributed by atoms with van der Waals surface area (Å²) in [5, 5.41) is 15.0. The van der Waals surface area contributed by atoms with Crippen molar-refractivity contribution < 1.29 is 18.1 Å². The number of pyridine rings is 1. The second-order valence-electron chi connectivity index (χ2n) is 11.0. The zero-order chi connectivity index (χ0) is 29.1. The van der Waals surface area contributed by atoms with Gasteiger partial charge in [0.15, 0.2) is 0 Å². The highest BCUT2D eigenvalue weighted by Gasteiger charge is 2.41. The van der Waals surface area contributed by atoms with Gasteiger partial charge in [-0.05, 0) is 55.7 Å². The molecule has 1 aliphatic rings. The number of benzene rings is 2. The number of H-pyrrole nitrogens is 1. The second kappa shape index (κ2) is 11.4. The molecule has 0 spiro atoms. The van der Waals surface area contributed by atoms with Crippen molar-refractivity contribution in [2.75, 3.05) is 6.54 Å². The second-order valence-corrected chi connectivity index (χ2v) is 12.6. The molecule has 10 nitrogen and oxygen atoms in total. The molecule has 1 fully saturated rings. The molecule has 1 saturated carbocycles. The third-order valence-corrected chi connectivity index (χ3v) is 9.66. The molecule has 1 aliphatic carbocycles. The smallest absolute Gasteiger partial charge is 0.269 e. The Labute approximate surface area is 238 Å². The summed E-state index contributed by atoms with van der Waals surface area (Å²) in [4.78, 5) is 32.2. The molecule has 5 rings (SSSR count). The molecule has 0 unspecified atom stereocenters. The van der Waals surface area contributed by atoms with Crippen LogP contribution in [0.25, 0.3) is 10.9 Å². The first-order chi connectivity index (χ1) is 19.6. The van der Waals surface area contributed by atoms with E-state index in [9.17, 15) is 23.3 Å². The summed E-state index contributed by atoms with van der Waals surface area (Å²) in [6.07, 6.45) is 8.52. The lowest BCUT2D eigenvalue weighted by Crippen LogP contribution is -2.59. The zero-order valence-corrected chi connectivity index (χ0v) is 23.6. The maximum Gasteiger partial charge on any atom is 0.269 e. The van der Waals surface area contributed by atoms with Crippen LogP contribution >= 0.6 is 0 Å². The Morgan fingerprint density at radius 3 is 2.44 bits per heavy atom. The van der Waals surface area contributed by atoms with E-state index in [-0.39, 0.29) is 22.4 Å². The van der Waals surface area contributed by atoms with E-state index in [4.69, 9.17) is 0 Å². The summed E-state index contributed by atoms with van der Waals surface area (Å²) >= 11 is 0. The number of nitro benzene ring substituents is 1. The Morgan fingerprint density at radius 1 is 1.05 bits per heavy atom. The molecule has 1 amide bonds. The predicted octanol–water partition coefficient (Wildman–Crippen LogP) is 4.77. The average molecular weight is 576 g/mol. The van der Waals surface area contributed by atoms with E-state index in [1.807, 2.05) is 42.5 Å². The Morgan fingerprint density at radius 2 is 1.76 bits per heavy atom. The van der Waals surface area contributed by atoms with Crippen LogP contribution in [-0.2, 0) is 26.7 Å². The first kappa shape index (κ1) is 28.4. The van der Waals surface area contributed by atoms with E-state index in [1.165, 1.54) is 12.1 Å². The number of non-ortho nitro benzene ring substituents is 1. The van der Waals surface area contributed by atoms with E-state index in [2.05, 4.69) is 20.0 Å². The number of aromatic nitrogens is 2. The van der Waals surface area contributed by atoms with Crippen LogP contribution in [0.1, 0.15) is 50.3 Å². The van der Waals surface area contributed by atoms with Gasteiger partial charge in [0.05, 0.1) is 9.82 Å². The van der Waals surface area contributed by atoms with Gasteiger partial charge in [-0.15, -0.1) is 0 Å². The number of rotatable bonds is 10. The number of hydrogen-bond donors (Lipinski definition) is 3. The highest BCUT2D eigenvalue weighted by atomic mass is 32.2. The summed E-state index contributed by atoms with van der Waals surface area (Å²) in [6.45, 7) is 1.90. The first-order valence-corrected chi connectivity index (χ1v) is 15.1. The average Bonchev–Trinajstić information content (AvgIpc) is 3.39. The zero-order valence-electron chi connectivity index (χ0n) is 22.8. The number of aromatic amines is 1. The molecule has 0 bridgehead atoms. The standard InChI is InChI=1S/C30H33N5O5S/c1-29(19-22-20-32-26-10-4-3-9-25(22)26,34-41(39,40)24-14-12-23(13-15-24)35(37)38)28(36)33-21-30(16-6-2-7-17-30)27-11-5-8-18-31-27/h3-5,8-15,18,20,32,34H,2,6-7,16-17,19,21H2,1H3,(H,33,36)/t29-/m0/s1. The van der Waals surface area contributed by atoms with Crippen molar-refractivity contribution >= 4 is 32.5 Å². The number of nitrogens with one attached hydrogen (secondary N) is 3. The summed E-state index contributed by atoms with van der Waals surface area (Å²) < 4.78 is 29.7. The topological polar surface area (TPSA) is 147 Å². The molecule has 0 radical (unpaired) electrons. The Balaban J connectivity index is 1.46. The molecule has 4 aromatic rings. The number of nitrogens with zero attached hydrogens (tertiary/aromatic N) is 2. The predicted molar refractivity (Wildman–Crippen MR) is 156 cm³/mol. The highest BCUT2D eigenvalue weighted by Crippen LogP contribution is 2.38. The van der Waals surface area contributed by atoms with Crippen molar-refractivity contribution in [1.82, 2.24) is 20.0 Å². The molecule has 0 saturated heterocycles. The van der Waals surface area contributed by atoms with E-state index >= 15 is 0 Å². The van der Waals surface area contributed by atoms with Crippen LogP contribution in [0.15, 0.2) is 84.0 Å². The maximum atomic E-state index is 14.0. The quantitative estimate of drug-likeness (QED) is 0.183. The molecule has 1 atom stereocenters. The number of carbonyl (C=O) groups excluding carboxylic acids is 1. The van der Waals surface area contributed by atoms with Gasteiger partial charge < -0.3 is 10.3 Å². The van der Waals surface area contributed by atoms with Crippen LogP contribution < -0.4 is 10.0 Å². The van der Waals surface area contributed by atoms with Gasteiger partial charge in [0, 0.05) is 59.5 Å². The number of fused-ring (bicyclic) bond motifs is 1. The van der Waals surface area contributed by atoms with Crippen LogP contribution in [0.3, 0.4) is 0 Å². The summed E-state index contributed by atoms with van der Waals surface area (Å²) in [5.41, 5.74) is 0.432. The monoisotopic (exact) mass is 575 g/mol. The molecule has 0 aliphatic heterocycles. The molecule has 214 valence electrons. The molecular weight excluding hydrogens is 542 g/mol. The van der Waals surface area contributed by atoms with E-state index < -0.39 is 26.4 Å². The lowest BCUT2D eigenvalue weighted by Gasteiger charge is -2.38. The van der Waals surface area contributed by atoms with Crippen LogP contribution in [0.2, 0.25) is 0 Å². The largest absolute Gasteiger partial charge is 0.361 e. The third kappa shape index (κ3) is 6.01. The Bertz CT molecular complexity index is 1650. The molecule has 3 N–H and O–H groups in total. The summed E-state index contributed by atoms with van der Waals surface area (Å²) in [7, 11) is -4.23. The number of sulfonamides is 1. The Kier molecular flexibility index (Phi) is 7.92. The van der Waals surface area contributed by atoms with Gasteiger partial charge in [-0.2, -0.15) is 4.72 Å². The van der Waals surface area contributed by atoms with Crippen molar-refractivity contribution in [2.24, 2.45) is 0 Å². The lowest BCUT2D eigenvalue weighted by molar-refractivity contribution is -0.384. The first-order valence-electron chi connectivity index (χ1n) is 13.7. The lowest BCUT2D eigenvalue weighted by atomic mass is 9.71. The van der Waals surface area contributed by atoms with Gasteiger partial charge in [-0.25, -0.2) is 8.42 Å². The van der Waals surface area contributed by atoms with Crippen LogP contribution in [0, 0.1) is 10.1 Å². The van der Waals surface area contributed by atoms with Crippen LogP contribution in [-0.4, -0.2) is 41.3 Å². The van der Waals surface area contributed by atoms with Gasteiger partial charge in [-0.3, -0.25) is 19.9 Å². The number of nitro groups is 1. The molecule has 2 aromatic carbocycles. The van der Waals surface area contributed by atoms with Crippen molar-refractivity contribution in [1.29, 1.82) is 0 Å². The summed E-state index contributed by atoms with van der Waals surface area (Å²) in [6, 6.07) is 18.0. The summed E-state index contributed by atoms with van der Waals surface area (Å²) in [5.74, 6) is -0.464. The minimum absolute atomic E-state index is 0.0750. The Hall–Kier alpha value is -4.09. The number of amides is 1. The van der Waals surface area contributed by atoms with Crippen LogP contribution in [0.4, 0.5) is 5.69 Å². The molecular formula is C30H33N5O5S. The normalized spacial score (nSPS) is 16.6. The molecule has 2 aromatic heterocycles. The third-order valence-electron chi connectivity index (χ3n) is 8.04. The van der Waals surface area contributed by atoms with Gasteiger partial charge in [0.2, 0.25) is 15.9 Å². The van der Waals surface area contributed by atoms with Crippen molar-refractivity contribution in [3.63, 3.8) is 0 Å². The van der Waals surface area contributed by atoms with Crippen molar-refractivity contribution in [3.8, 4) is 0 Å². The fourth-order valence-electron chi connectivity index (χ4n) is 5.80. The fraction of sp³-hybridized carbons (Fsp3) is 0.333. The minimum atomic E-state index is -4.23. The molecule has 11 heteroatoms. The fourth-order valence-corrected chi connectivity index (χ4v) is 7.17. The van der Waals surface area contributed by atoms with E-state index in [0.717, 1.165) is 66.4 Å². The van der Waals surface area contributed by atoms with Gasteiger partial charge >= 0.3 is 0 Å². The van der Waals surface area contributed by atoms with Gasteiger partial charge in [-0.1, -0.05) is 43.5 Å². The molecule has 41 heavy (non-hydrogen) atoms. The number of hydrogen-bond acceptors (Lipinski definition) is 6. The van der Waals surface area contributed by atoms with Crippen LogP contribution in [0.5, 0.6) is 0 Å². The number of carbonyl (C=O) groups is 1. The van der Waals surface area contributed by atoms with Gasteiger partial charge in [0.25, 0.3) is 5.69 Å². The van der Waals surface area contributed by atoms with Crippen molar-refractivity contribution in [2.45, 2.75) is 61.3 Å². The van der Waals surface area contributed by atoms with E-state index in [0.29, 0.717) is 6.54 Å². The van der Waals surface area contributed by atoms with E-state index in [1.54, 1.807) is 19.3 Å². The minimum Gasteiger partial charge on any atom is -0.361 e. The number of para-hydroxylation sites is 1.